The molecule has 0 aliphatic carbocycles. The van der Waals surface area contributed by atoms with E-state index in [0.29, 0.717) is 13.1 Å². The summed E-state index contributed by atoms with van der Waals surface area (Å²) < 4.78 is 11.2. The standard InChI is InChI=1S/C21H29N3O2.HI/c1-15(2)26-19-8-6-7-17(12-19)13-23-21(22-4)24-14-18-10-9-16(3)11-20(18)25-5;/h6-12,15H,13-14H2,1-5H3,(H2,22,23,24);1H. The van der Waals surface area contributed by atoms with Crippen molar-refractivity contribution in [3.05, 3.63) is 59.2 Å². The average molecular weight is 483 g/mol. The summed E-state index contributed by atoms with van der Waals surface area (Å²) in [6.07, 6.45) is 0.164. The van der Waals surface area contributed by atoms with Gasteiger partial charge in [-0.3, -0.25) is 4.99 Å². The minimum atomic E-state index is 0. The molecular formula is C21H30IN3O2. The third-order valence-electron chi connectivity index (χ3n) is 3.84. The lowest BCUT2D eigenvalue weighted by molar-refractivity contribution is 0.242. The Balaban J connectivity index is 0.00000364. The van der Waals surface area contributed by atoms with E-state index in [1.807, 2.05) is 38.1 Å². The van der Waals surface area contributed by atoms with Crippen LogP contribution in [0.4, 0.5) is 0 Å². The number of benzene rings is 2. The van der Waals surface area contributed by atoms with Gasteiger partial charge in [-0.2, -0.15) is 0 Å². The maximum atomic E-state index is 5.74. The molecule has 0 amide bonds. The van der Waals surface area contributed by atoms with Crippen LogP contribution in [0, 0.1) is 6.92 Å². The zero-order valence-electron chi connectivity index (χ0n) is 16.7. The van der Waals surface area contributed by atoms with Crippen LogP contribution in [-0.4, -0.2) is 26.2 Å². The smallest absolute Gasteiger partial charge is 0.191 e. The molecule has 148 valence electrons. The lowest BCUT2D eigenvalue weighted by atomic mass is 10.1. The van der Waals surface area contributed by atoms with Crippen molar-refractivity contribution >= 4 is 29.9 Å². The van der Waals surface area contributed by atoms with Gasteiger partial charge in [0, 0.05) is 25.7 Å². The molecule has 0 heterocycles. The fourth-order valence-corrected chi connectivity index (χ4v) is 2.58. The van der Waals surface area contributed by atoms with Crippen molar-refractivity contribution < 1.29 is 9.47 Å². The highest BCUT2D eigenvalue weighted by Gasteiger charge is 2.05. The predicted octanol–water partition coefficient (Wildman–Crippen LogP) is 4.27. The molecule has 0 saturated carbocycles. The fourth-order valence-electron chi connectivity index (χ4n) is 2.58. The van der Waals surface area contributed by atoms with E-state index in [9.17, 15) is 0 Å². The van der Waals surface area contributed by atoms with Gasteiger partial charge in [0.25, 0.3) is 0 Å². The van der Waals surface area contributed by atoms with Crippen LogP contribution < -0.4 is 20.1 Å². The Kier molecular flexibility index (Phi) is 9.99. The first-order chi connectivity index (χ1) is 12.5. The molecule has 27 heavy (non-hydrogen) atoms. The Hall–Kier alpha value is -1.96. The summed E-state index contributed by atoms with van der Waals surface area (Å²) in [5.41, 5.74) is 3.41. The Morgan fingerprint density at radius 3 is 2.48 bits per heavy atom. The molecule has 0 radical (unpaired) electrons. The van der Waals surface area contributed by atoms with Crippen LogP contribution in [0.2, 0.25) is 0 Å². The number of nitrogens with one attached hydrogen (secondary N) is 2. The van der Waals surface area contributed by atoms with E-state index < -0.39 is 0 Å². The Bertz CT molecular complexity index is 748. The second-order valence-electron chi connectivity index (χ2n) is 6.41. The summed E-state index contributed by atoms with van der Waals surface area (Å²) in [6.45, 7) is 7.41. The third-order valence-corrected chi connectivity index (χ3v) is 3.84. The second-order valence-corrected chi connectivity index (χ2v) is 6.41. The number of halogens is 1. The van der Waals surface area contributed by atoms with Crippen LogP contribution >= 0.6 is 24.0 Å². The van der Waals surface area contributed by atoms with Crippen molar-refractivity contribution in [1.82, 2.24) is 10.6 Å². The SMILES string of the molecule is CN=C(NCc1cccc(OC(C)C)c1)NCc1ccc(C)cc1OC.I. The normalized spacial score (nSPS) is 11.0. The van der Waals surface area contributed by atoms with Crippen LogP contribution in [0.25, 0.3) is 0 Å². The number of aryl methyl sites for hydroxylation is 1. The van der Waals surface area contributed by atoms with Gasteiger partial charge in [-0.25, -0.2) is 0 Å². The summed E-state index contributed by atoms with van der Waals surface area (Å²) in [7, 11) is 3.46. The largest absolute Gasteiger partial charge is 0.496 e. The van der Waals surface area contributed by atoms with Crippen molar-refractivity contribution in [3.8, 4) is 11.5 Å². The molecule has 5 nitrogen and oxygen atoms in total. The van der Waals surface area contributed by atoms with Crippen LogP contribution in [0.15, 0.2) is 47.5 Å². The number of methoxy groups -OCH3 is 1. The molecule has 0 fully saturated rings. The van der Waals surface area contributed by atoms with E-state index in [1.54, 1.807) is 14.2 Å². The fraction of sp³-hybridized carbons (Fsp3) is 0.381. The molecule has 0 bridgehead atoms. The molecule has 0 aliphatic heterocycles. The van der Waals surface area contributed by atoms with E-state index >= 15 is 0 Å². The first-order valence-corrected chi connectivity index (χ1v) is 8.85. The Morgan fingerprint density at radius 1 is 1.07 bits per heavy atom. The minimum Gasteiger partial charge on any atom is -0.496 e. The molecular weight excluding hydrogens is 453 g/mol. The highest BCUT2D eigenvalue weighted by Crippen LogP contribution is 2.19. The molecule has 0 aliphatic rings. The number of aliphatic imine (C=N–C) groups is 1. The van der Waals surface area contributed by atoms with Gasteiger partial charge >= 0.3 is 0 Å². The molecule has 2 aromatic rings. The minimum absolute atomic E-state index is 0. The maximum Gasteiger partial charge on any atom is 0.191 e. The quantitative estimate of drug-likeness (QED) is 0.351. The summed E-state index contributed by atoms with van der Waals surface area (Å²) in [5.74, 6) is 2.50. The topological polar surface area (TPSA) is 54.9 Å². The summed E-state index contributed by atoms with van der Waals surface area (Å²) in [6, 6.07) is 14.3. The Morgan fingerprint density at radius 2 is 1.81 bits per heavy atom. The molecule has 0 spiro atoms. The number of guanidine groups is 1. The van der Waals surface area contributed by atoms with Crippen LogP contribution in [0.1, 0.15) is 30.5 Å². The highest BCUT2D eigenvalue weighted by molar-refractivity contribution is 14.0. The van der Waals surface area contributed by atoms with Gasteiger partial charge in [0.2, 0.25) is 0 Å². The number of hydrogen-bond donors (Lipinski definition) is 2. The van der Waals surface area contributed by atoms with Crippen LogP contribution in [0.3, 0.4) is 0 Å². The zero-order chi connectivity index (χ0) is 18.9. The molecule has 0 unspecified atom stereocenters. The van der Waals surface area contributed by atoms with Crippen LogP contribution in [-0.2, 0) is 13.1 Å². The number of hydrogen-bond acceptors (Lipinski definition) is 3. The van der Waals surface area contributed by atoms with Crippen LogP contribution in [0.5, 0.6) is 11.5 Å². The monoisotopic (exact) mass is 483 g/mol. The van der Waals surface area contributed by atoms with Gasteiger partial charge in [0.1, 0.15) is 11.5 Å². The van der Waals surface area contributed by atoms with Gasteiger partial charge in [-0.1, -0.05) is 24.3 Å². The first-order valence-electron chi connectivity index (χ1n) is 8.85. The summed E-state index contributed by atoms with van der Waals surface area (Å²) in [4.78, 5) is 4.28. The lowest BCUT2D eigenvalue weighted by Gasteiger charge is -2.15. The van der Waals surface area contributed by atoms with Gasteiger partial charge in [-0.05, 0) is 50.1 Å². The average Bonchev–Trinajstić information content (AvgIpc) is 2.62. The van der Waals surface area contributed by atoms with E-state index in [-0.39, 0.29) is 30.1 Å². The predicted molar refractivity (Wildman–Crippen MR) is 122 cm³/mol. The number of nitrogens with zero attached hydrogens (tertiary/aromatic N) is 1. The van der Waals surface area contributed by atoms with Gasteiger partial charge in [0.05, 0.1) is 13.2 Å². The third kappa shape index (κ3) is 7.66. The molecule has 0 atom stereocenters. The highest BCUT2D eigenvalue weighted by atomic mass is 127. The van der Waals surface area contributed by atoms with Gasteiger partial charge in [0.15, 0.2) is 5.96 Å². The molecule has 0 aromatic heterocycles. The summed E-state index contributed by atoms with van der Waals surface area (Å²) >= 11 is 0. The van der Waals surface area contributed by atoms with Crippen molar-refractivity contribution in [1.29, 1.82) is 0 Å². The van der Waals surface area contributed by atoms with E-state index in [0.717, 1.165) is 28.6 Å². The van der Waals surface area contributed by atoms with E-state index in [4.69, 9.17) is 9.47 Å². The molecule has 2 N–H and O–H groups in total. The number of ether oxygens (including phenoxy) is 2. The molecule has 0 saturated heterocycles. The maximum absolute atomic E-state index is 5.74. The molecule has 6 heteroatoms. The lowest BCUT2D eigenvalue weighted by Crippen LogP contribution is -2.36. The second kappa shape index (κ2) is 11.7. The number of rotatable bonds is 7. The van der Waals surface area contributed by atoms with Gasteiger partial charge in [-0.15, -0.1) is 24.0 Å². The zero-order valence-corrected chi connectivity index (χ0v) is 19.0. The van der Waals surface area contributed by atoms with Crippen molar-refractivity contribution in [2.75, 3.05) is 14.2 Å². The Labute approximate surface area is 179 Å². The molecule has 2 rings (SSSR count). The summed E-state index contributed by atoms with van der Waals surface area (Å²) in [5, 5.41) is 6.65. The molecule has 2 aromatic carbocycles. The first kappa shape index (κ1) is 23.1. The van der Waals surface area contributed by atoms with E-state index in [1.165, 1.54) is 5.56 Å². The van der Waals surface area contributed by atoms with Crippen molar-refractivity contribution in [3.63, 3.8) is 0 Å². The van der Waals surface area contributed by atoms with E-state index in [2.05, 4.69) is 40.7 Å². The van der Waals surface area contributed by atoms with Crippen molar-refractivity contribution in [2.45, 2.75) is 40.0 Å². The van der Waals surface area contributed by atoms with Crippen molar-refractivity contribution in [2.24, 2.45) is 4.99 Å². The van der Waals surface area contributed by atoms with Gasteiger partial charge < -0.3 is 20.1 Å².